The summed E-state index contributed by atoms with van der Waals surface area (Å²) in [5.74, 6) is 0. The van der Waals surface area contributed by atoms with Crippen molar-refractivity contribution in [3.63, 3.8) is 0 Å². The maximum absolute atomic E-state index is 9.49. The van der Waals surface area contributed by atoms with Gasteiger partial charge in [0.15, 0.2) is 0 Å². The molecule has 1 N–H and O–H groups in total. The molecule has 0 saturated carbocycles. The molecule has 0 aromatic heterocycles. The van der Waals surface area contributed by atoms with Gasteiger partial charge in [-0.25, -0.2) is 0 Å². The van der Waals surface area contributed by atoms with Gasteiger partial charge < -0.3 is 5.11 Å². The van der Waals surface area contributed by atoms with Crippen molar-refractivity contribution in [2.75, 3.05) is 19.7 Å². The van der Waals surface area contributed by atoms with Gasteiger partial charge in [0.2, 0.25) is 0 Å². The molecule has 1 fully saturated rings. The smallest absolute Gasteiger partial charge is 0.0992 e. The van der Waals surface area contributed by atoms with Crippen LogP contribution in [0.3, 0.4) is 0 Å². The monoisotopic (exact) mass is 322 g/mol. The van der Waals surface area contributed by atoms with E-state index >= 15 is 0 Å². The standard InChI is InChI=1S/C15H19BrN2O/c1-15(11-19)5-2-6-18(10-15)9-13-4-3-12(8-17)7-14(13)16/h3-4,7,19H,2,5-6,9-11H2,1H3/t15-/m1/s1. The molecule has 1 aliphatic rings. The van der Waals surface area contributed by atoms with E-state index in [9.17, 15) is 5.11 Å². The van der Waals surface area contributed by atoms with Gasteiger partial charge in [0.25, 0.3) is 0 Å². The van der Waals surface area contributed by atoms with Crippen LogP contribution in [0.4, 0.5) is 0 Å². The Morgan fingerprint density at radius 2 is 2.32 bits per heavy atom. The Morgan fingerprint density at radius 1 is 1.53 bits per heavy atom. The maximum atomic E-state index is 9.49. The first-order chi connectivity index (χ1) is 9.06. The molecule has 1 heterocycles. The van der Waals surface area contributed by atoms with Crippen molar-refractivity contribution < 1.29 is 5.11 Å². The normalized spacial score (nSPS) is 24.1. The Morgan fingerprint density at radius 3 is 2.95 bits per heavy atom. The zero-order chi connectivity index (χ0) is 13.9. The molecule has 3 nitrogen and oxygen atoms in total. The molecule has 0 bridgehead atoms. The molecule has 1 saturated heterocycles. The topological polar surface area (TPSA) is 47.3 Å². The van der Waals surface area contributed by atoms with Crippen molar-refractivity contribution in [1.29, 1.82) is 5.26 Å². The second-order valence-electron chi connectivity index (χ2n) is 5.70. The number of nitriles is 1. The van der Waals surface area contributed by atoms with Crippen LogP contribution >= 0.6 is 15.9 Å². The van der Waals surface area contributed by atoms with Gasteiger partial charge in [0, 0.05) is 29.6 Å². The summed E-state index contributed by atoms with van der Waals surface area (Å²) in [6.45, 7) is 5.25. The minimum Gasteiger partial charge on any atom is -0.396 e. The quantitative estimate of drug-likeness (QED) is 0.930. The van der Waals surface area contributed by atoms with Crippen LogP contribution in [-0.2, 0) is 6.54 Å². The van der Waals surface area contributed by atoms with Crippen molar-refractivity contribution in [2.24, 2.45) is 5.41 Å². The van der Waals surface area contributed by atoms with E-state index in [0.29, 0.717) is 5.56 Å². The number of hydrogen-bond acceptors (Lipinski definition) is 3. The molecule has 0 amide bonds. The molecule has 19 heavy (non-hydrogen) atoms. The van der Waals surface area contributed by atoms with E-state index < -0.39 is 0 Å². The Hall–Kier alpha value is -0.890. The molecule has 0 radical (unpaired) electrons. The summed E-state index contributed by atoms with van der Waals surface area (Å²) in [4.78, 5) is 2.38. The predicted molar refractivity (Wildman–Crippen MR) is 78.6 cm³/mol. The average Bonchev–Trinajstić information content (AvgIpc) is 2.41. The maximum Gasteiger partial charge on any atom is 0.0992 e. The summed E-state index contributed by atoms with van der Waals surface area (Å²) >= 11 is 3.53. The number of aliphatic hydroxyl groups is 1. The van der Waals surface area contributed by atoms with Gasteiger partial charge in [0.1, 0.15) is 0 Å². The number of benzene rings is 1. The highest BCUT2D eigenvalue weighted by molar-refractivity contribution is 9.10. The summed E-state index contributed by atoms with van der Waals surface area (Å²) in [5, 5.41) is 18.4. The summed E-state index contributed by atoms with van der Waals surface area (Å²) in [6.07, 6.45) is 2.22. The highest BCUT2D eigenvalue weighted by Crippen LogP contribution is 2.30. The molecule has 102 valence electrons. The lowest BCUT2D eigenvalue weighted by Crippen LogP contribution is -2.43. The minimum absolute atomic E-state index is 0.0251. The predicted octanol–water partition coefficient (Wildman–Crippen LogP) is 2.92. The second-order valence-corrected chi connectivity index (χ2v) is 6.56. The van der Waals surface area contributed by atoms with Crippen molar-refractivity contribution in [3.05, 3.63) is 33.8 Å². The lowest BCUT2D eigenvalue weighted by atomic mass is 9.82. The SMILES string of the molecule is C[C@@]1(CO)CCCN(Cc2ccc(C#N)cc2Br)C1. The first-order valence-electron chi connectivity index (χ1n) is 6.58. The Balaban J connectivity index is 2.07. The summed E-state index contributed by atoms with van der Waals surface area (Å²) in [6, 6.07) is 7.87. The molecule has 2 rings (SSSR count). The van der Waals surface area contributed by atoms with E-state index in [-0.39, 0.29) is 12.0 Å². The fourth-order valence-corrected chi connectivity index (χ4v) is 3.18. The number of piperidine rings is 1. The van der Waals surface area contributed by atoms with Crippen molar-refractivity contribution in [3.8, 4) is 6.07 Å². The van der Waals surface area contributed by atoms with Gasteiger partial charge in [-0.05, 0) is 37.1 Å². The van der Waals surface area contributed by atoms with Crippen molar-refractivity contribution >= 4 is 15.9 Å². The van der Waals surface area contributed by atoms with Gasteiger partial charge in [-0.3, -0.25) is 4.90 Å². The highest BCUT2D eigenvalue weighted by Gasteiger charge is 2.30. The Labute approximate surface area is 123 Å². The van der Waals surface area contributed by atoms with Gasteiger partial charge >= 0.3 is 0 Å². The van der Waals surface area contributed by atoms with E-state index in [2.05, 4.69) is 33.8 Å². The van der Waals surface area contributed by atoms with E-state index in [1.54, 1.807) is 0 Å². The zero-order valence-electron chi connectivity index (χ0n) is 11.2. The molecule has 1 aliphatic heterocycles. The molecule has 1 atom stereocenters. The zero-order valence-corrected chi connectivity index (χ0v) is 12.8. The van der Waals surface area contributed by atoms with Gasteiger partial charge in [-0.15, -0.1) is 0 Å². The summed E-state index contributed by atoms with van der Waals surface area (Å²) in [5.41, 5.74) is 1.90. The third-order valence-corrected chi connectivity index (χ3v) is 4.56. The molecule has 0 unspecified atom stereocenters. The summed E-state index contributed by atoms with van der Waals surface area (Å²) < 4.78 is 0.989. The van der Waals surface area contributed by atoms with Crippen LogP contribution in [0.15, 0.2) is 22.7 Å². The largest absolute Gasteiger partial charge is 0.396 e. The molecular weight excluding hydrogens is 304 g/mol. The molecule has 4 heteroatoms. The van der Waals surface area contributed by atoms with E-state index in [0.717, 1.165) is 36.9 Å². The number of likely N-dealkylation sites (tertiary alicyclic amines) is 1. The average molecular weight is 323 g/mol. The third kappa shape index (κ3) is 3.56. The molecule has 0 aliphatic carbocycles. The molecule has 1 aromatic rings. The number of halogens is 1. The van der Waals surface area contributed by atoms with Crippen LogP contribution < -0.4 is 0 Å². The Kier molecular flexibility index (Phi) is 4.62. The number of rotatable bonds is 3. The Bertz CT molecular complexity index is 497. The molecular formula is C15H19BrN2O. The van der Waals surface area contributed by atoms with Crippen LogP contribution in [0.2, 0.25) is 0 Å². The van der Waals surface area contributed by atoms with E-state index in [1.165, 1.54) is 5.56 Å². The third-order valence-electron chi connectivity index (χ3n) is 3.82. The van der Waals surface area contributed by atoms with Gasteiger partial charge in [0.05, 0.1) is 11.6 Å². The lowest BCUT2D eigenvalue weighted by molar-refractivity contribution is 0.0428. The van der Waals surface area contributed by atoms with Crippen molar-refractivity contribution in [1.82, 2.24) is 4.90 Å². The van der Waals surface area contributed by atoms with Crippen LogP contribution in [0, 0.1) is 16.7 Å². The fourth-order valence-electron chi connectivity index (χ4n) is 2.68. The highest BCUT2D eigenvalue weighted by atomic mass is 79.9. The van der Waals surface area contributed by atoms with E-state index in [4.69, 9.17) is 5.26 Å². The molecule has 0 spiro atoms. The first kappa shape index (κ1) is 14.5. The van der Waals surface area contributed by atoms with Crippen molar-refractivity contribution in [2.45, 2.75) is 26.3 Å². The number of hydrogen-bond donors (Lipinski definition) is 1. The lowest BCUT2D eigenvalue weighted by Gasteiger charge is -2.39. The second kappa shape index (κ2) is 6.04. The summed E-state index contributed by atoms with van der Waals surface area (Å²) in [7, 11) is 0. The van der Waals surface area contributed by atoms with Crippen LogP contribution in [0.5, 0.6) is 0 Å². The number of aliphatic hydroxyl groups excluding tert-OH is 1. The van der Waals surface area contributed by atoms with Crippen LogP contribution in [0.25, 0.3) is 0 Å². The molecule has 1 aromatic carbocycles. The minimum atomic E-state index is 0.0251. The van der Waals surface area contributed by atoms with Gasteiger partial charge in [-0.1, -0.05) is 28.9 Å². The fraction of sp³-hybridized carbons (Fsp3) is 0.533. The van der Waals surface area contributed by atoms with Crippen LogP contribution in [0.1, 0.15) is 30.9 Å². The number of nitrogens with zero attached hydrogens (tertiary/aromatic N) is 2. The van der Waals surface area contributed by atoms with E-state index in [1.807, 2.05) is 18.2 Å². The van der Waals surface area contributed by atoms with Gasteiger partial charge in [-0.2, -0.15) is 5.26 Å². The first-order valence-corrected chi connectivity index (χ1v) is 7.37. The van der Waals surface area contributed by atoms with Crippen LogP contribution in [-0.4, -0.2) is 29.7 Å².